The Hall–Kier alpha value is -2.44. The van der Waals surface area contributed by atoms with Crippen LogP contribution < -0.4 is 5.43 Å². The maximum Gasteiger partial charge on any atom is 0.350 e. The highest BCUT2D eigenvalue weighted by atomic mass is 32.1. The topological polar surface area (TPSA) is 50.7 Å². The summed E-state index contributed by atoms with van der Waals surface area (Å²) in [6.45, 7) is 0. The van der Waals surface area contributed by atoms with Crippen LogP contribution in [0.3, 0.4) is 0 Å². The molecule has 0 aliphatic rings. The molecule has 4 nitrogen and oxygen atoms in total. The normalized spacial score (nSPS) is 11.3. The van der Waals surface area contributed by atoms with Gasteiger partial charge in [-0.15, -0.1) is 22.7 Å². The molecule has 116 valence electrons. The van der Waals surface area contributed by atoms with Gasteiger partial charge in [0.15, 0.2) is 0 Å². The van der Waals surface area contributed by atoms with Gasteiger partial charge in [-0.1, -0.05) is 36.4 Å². The summed E-state index contributed by atoms with van der Waals surface area (Å²) in [5, 5.41) is 8.38. The molecule has 3 aromatic rings. The molecule has 0 radical (unpaired) electrons. The van der Waals surface area contributed by atoms with Crippen LogP contribution in [0.25, 0.3) is 0 Å². The van der Waals surface area contributed by atoms with E-state index in [1.165, 1.54) is 18.4 Å². The Kier molecular flexibility index (Phi) is 4.85. The molecule has 1 aromatic carbocycles. The van der Waals surface area contributed by atoms with Crippen molar-refractivity contribution in [2.45, 2.75) is 0 Å². The van der Waals surface area contributed by atoms with Crippen LogP contribution >= 0.6 is 22.7 Å². The number of nitrogens with zero attached hydrogens (tertiary/aromatic N) is 1. The number of rotatable bonds is 5. The molecule has 0 saturated carbocycles. The average molecular weight is 342 g/mol. The number of carbonyl (C=O) groups excluding carboxylic acids is 1. The van der Waals surface area contributed by atoms with Gasteiger partial charge in [0, 0.05) is 5.56 Å². The van der Waals surface area contributed by atoms with Gasteiger partial charge in [0.2, 0.25) is 0 Å². The molecular formula is C17H14N2O2S2. The zero-order chi connectivity index (χ0) is 16.1. The van der Waals surface area contributed by atoms with Crippen molar-refractivity contribution in [3.8, 4) is 0 Å². The number of anilines is 1. The molecule has 0 unspecified atom stereocenters. The molecular weight excluding hydrogens is 328 g/mol. The summed E-state index contributed by atoms with van der Waals surface area (Å²) >= 11 is 2.94. The average Bonchev–Trinajstić information content (AvgIpc) is 3.27. The predicted molar refractivity (Wildman–Crippen MR) is 95.7 cm³/mol. The first-order chi connectivity index (χ1) is 11.3. The fourth-order valence-corrected chi connectivity index (χ4v) is 3.53. The minimum Gasteiger partial charge on any atom is -0.465 e. The lowest BCUT2D eigenvalue weighted by Crippen LogP contribution is -2.06. The molecule has 0 aliphatic carbocycles. The van der Waals surface area contributed by atoms with E-state index < -0.39 is 0 Å². The molecule has 0 amide bonds. The number of esters is 1. The first-order valence-corrected chi connectivity index (χ1v) is 8.64. The van der Waals surface area contributed by atoms with Crippen LogP contribution in [0.15, 0.2) is 64.4 Å². The summed E-state index contributed by atoms with van der Waals surface area (Å²) in [6.07, 6.45) is 0. The van der Waals surface area contributed by atoms with Gasteiger partial charge in [-0.3, -0.25) is 5.43 Å². The molecule has 0 bridgehead atoms. The van der Waals surface area contributed by atoms with Crippen molar-refractivity contribution < 1.29 is 9.53 Å². The molecule has 2 heterocycles. The van der Waals surface area contributed by atoms with Gasteiger partial charge < -0.3 is 4.74 Å². The third-order valence-electron chi connectivity index (χ3n) is 3.13. The Morgan fingerprint density at radius 3 is 2.57 bits per heavy atom. The van der Waals surface area contributed by atoms with Crippen molar-refractivity contribution in [3.05, 3.63) is 74.6 Å². The highest BCUT2D eigenvalue weighted by Crippen LogP contribution is 2.24. The van der Waals surface area contributed by atoms with Gasteiger partial charge in [-0.25, -0.2) is 4.79 Å². The number of carbonyl (C=O) groups is 1. The number of hydrogen-bond donors (Lipinski definition) is 1. The van der Waals surface area contributed by atoms with Crippen molar-refractivity contribution >= 4 is 40.0 Å². The number of benzene rings is 1. The van der Waals surface area contributed by atoms with Crippen LogP contribution in [0.1, 0.15) is 20.1 Å². The molecule has 0 aliphatic heterocycles. The fourth-order valence-electron chi connectivity index (χ4n) is 2.04. The van der Waals surface area contributed by atoms with Gasteiger partial charge in [0.25, 0.3) is 0 Å². The fraction of sp³-hybridized carbons (Fsp3) is 0.0588. The van der Waals surface area contributed by atoms with E-state index in [-0.39, 0.29) is 5.97 Å². The van der Waals surface area contributed by atoms with Crippen LogP contribution in [0.4, 0.5) is 5.69 Å². The van der Waals surface area contributed by atoms with Gasteiger partial charge >= 0.3 is 5.97 Å². The third-order valence-corrected chi connectivity index (χ3v) is 4.90. The van der Waals surface area contributed by atoms with Crippen LogP contribution in [0.2, 0.25) is 0 Å². The summed E-state index contributed by atoms with van der Waals surface area (Å²) in [7, 11) is 1.37. The lowest BCUT2D eigenvalue weighted by atomic mass is 10.1. The Morgan fingerprint density at radius 2 is 1.87 bits per heavy atom. The van der Waals surface area contributed by atoms with Crippen molar-refractivity contribution in [1.29, 1.82) is 0 Å². The third kappa shape index (κ3) is 3.49. The van der Waals surface area contributed by atoms with E-state index in [1.807, 2.05) is 59.3 Å². The summed E-state index contributed by atoms with van der Waals surface area (Å²) in [5.74, 6) is -0.366. The van der Waals surface area contributed by atoms with Gasteiger partial charge in [-0.05, 0) is 22.9 Å². The van der Waals surface area contributed by atoms with Gasteiger partial charge in [0.1, 0.15) is 10.6 Å². The van der Waals surface area contributed by atoms with E-state index in [2.05, 4.69) is 10.5 Å². The number of nitrogens with one attached hydrogen (secondary N) is 1. The van der Waals surface area contributed by atoms with Crippen molar-refractivity contribution in [2.24, 2.45) is 5.10 Å². The second-order valence-electron chi connectivity index (χ2n) is 4.57. The van der Waals surface area contributed by atoms with Crippen molar-refractivity contribution in [2.75, 3.05) is 12.5 Å². The molecule has 0 saturated heterocycles. The molecule has 23 heavy (non-hydrogen) atoms. The Morgan fingerprint density at radius 1 is 1.04 bits per heavy atom. The Balaban J connectivity index is 1.94. The number of hydrogen-bond acceptors (Lipinski definition) is 6. The monoisotopic (exact) mass is 342 g/mol. The summed E-state index contributed by atoms with van der Waals surface area (Å²) in [5.41, 5.74) is 5.49. The zero-order valence-corrected chi connectivity index (χ0v) is 14.0. The highest BCUT2D eigenvalue weighted by molar-refractivity contribution is 7.12. The van der Waals surface area contributed by atoms with Crippen molar-refractivity contribution in [1.82, 2.24) is 0 Å². The Bertz CT molecular complexity index is 808. The van der Waals surface area contributed by atoms with Crippen LogP contribution in [-0.4, -0.2) is 18.8 Å². The molecule has 0 fully saturated rings. The molecule has 3 rings (SSSR count). The molecule has 2 aromatic heterocycles. The van der Waals surface area contributed by atoms with Gasteiger partial charge in [-0.2, -0.15) is 5.10 Å². The standard InChI is InChI=1S/C17H14N2O2S2/c1-21-17(20)16-13(9-11-23-16)18-19-15(14-8-5-10-22-14)12-6-3-2-4-7-12/h2-11,18H,1H3/b19-15-. The SMILES string of the molecule is COC(=O)c1sccc1N/N=C(/c1ccccc1)c1cccs1. The molecule has 0 spiro atoms. The molecule has 1 N–H and O–H groups in total. The molecule has 6 heteroatoms. The number of methoxy groups -OCH3 is 1. The van der Waals surface area contributed by atoms with Crippen LogP contribution in [-0.2, 0) is 4.74 Å². The van der Waals surface area contributed by atoms with E-state index in [4.69, 9.17) is 4.74 Å². The van der Waals surface area contributed by atoms with E-state index in [0.29, 0.717) is 10.6 Å². The Labute approximate surface area is 142 Å². The van der Waals surface area contributed by atoms with E-state index in [0.717, 1.165) is 16.2 Å². The summed E-state index contributed by atoms with van der Waals surface area (Å²) < 4.78 is 4.78. The van der Waals surface area contributed by atoms with E-state index in [9.17, 15) is 4.79 Å². The van der Waals surface area contributed by atoms with E-state index >= 15 is 0 Å². The lowest BCUT2D eigenvalue weighted by molar-refractivity contribution is 0.0607. The minimum absolute atomic E-state index is 0.366. The maximum atomic E-state index is 11.7. The largest absolute Gasteiger partial charge is 0.465 e. The number of ether oxygens (including phenoxy) is 1. The first kappa shape index (κ1) is 15.5. The molecule has 0 atom stereocenters. The smallest absolute Gasteiger partial charge is 0.350 e. The van der Waals surface area contributed by atoms with Gasteiger partial charge in [0.05, 0.1) is 17.7 Å². The van der Waals surface area contributed by atoms with E-state index in [1.54, 1.807) is 11.3 Å². The zero-order valence-electron chi connectivity index (χ0n) is 12.4. The number of thiophene rings is 2. The van der Waals surface area contributed by atoms with Crippen LogP contribution in [0, 0.1) is 0 Å². The minimum atomic E-state index is -0.366. The summed E-state index contributed by atoms with van der Waals surface area (Å²) in [6, 6.07) is 15.8. The summed E-state index contributed by atoms with van der Waals surface area (Å²) in [4.78, 5) is 13.3. The second-order valence-corrected chi connectivity index (χ2v) is 6.43. The van der Waals surface area contributed by atoms with Crippen LogP contribution in [0.5, 0.6) is 0 Å². The number of hydrazone groups is 1. The maximum absolute atomic E-state index is 11.7. The highest BCUT2D eigenvalue weighted by Gasteiger charge is 2.14. The lowest BCUT2D eigenvalue weighted by Gasteiger charge is -2.06. The predicted octanol–water partition coefficient (Wildman–Crippen LogP) is 4.46. The quantitative estimate of drug-likeness (QED) is 0.423. The van der Waals surface area contributed by atoms with Crippen molar-refractivity contribution in [3.63, 3.8) is 0 Å². The second kappa shape index (κ2) is 7.21. The first-order valence-electron chi connectivity index (χ1n) is 6.88.